The maximum Gasteiger partial charge on any atom is 0.0728 e. The maximum atomic E-state index is 11.7. The third kappa shape index (κ3) is 6.54. The fourth-order valence-electron chi connectivity index (χ4n) is 5.00. The molecular formula is C25H34Cl4N2O. The third-order valence-corrected chi connectivity index (χ3v) is 7.69. The molecule has 1 saturated carbocycles. The van der Waals surface area contributed by atoms with Crippen molar-refractivity contribution in [3.05, 3.63) is 58.1 Å². The average molecular weight is 520 g/mol. The van der Waals surface area contributed by atoms with Crippen LogP contribution in [0.15, 0.2) is 42.5 Å². The molecule has 1 saturated heterocycles. The van der Waals surface area contributed by atoms with E-state index < -0.39 is 5.60 Å². The first kappa shape index (κ1) is 27.7. The fourth-order valence-corrected chi connectivity index (χ4v) is 5.30. The van der Waals surface area contributed by atoms with Crippen LogP contribution in [0.25, 0.3) is 11.1 Å². The molecule has 1 unspecified atom stereocenters. The van der Waals surface area contributed by atoms with Gasteiger partial charge in [0.05, 0.1) is 15.6 Å². The summed E-state index contributed by atoms with van der Waals surface area (Å²) in [5.74, 6) is 0.115. The Bertz CT molecular complexity index is 865. The van der Waals surface area contributed by atoms with E-state index in [9.17, 15) is 5.11 Å². The standard InChI is InChI=1S/C25H32Cl2N2O.2ClH/c1-28-12-14-29(15-13-28)18-22(25(30)10-3-2-4-11-25)21-7-5-6-19(16-21)20-8-9-23(26)24(27)17-20;;/h5-9,16-17,22,30H,2-4,10-15,18H2,1H3;2*1H. The summed E-state index contributed by atoms with van der Waals surface area (Å²) in [4.78, 5) is 4.91. The quantitative estimate of drug-likeness (QED) is 0.486. The van der Waals surface area contributed by atoms with Crippen LogP contribution in [0.1, 0.15) is 43.6 Å². The van der Waals surface area contributed by atoms with Crippen LogP contribution in [-0.2, 0) is 0 Å². The van der Waals surface area contributed by atoms with Gasteiger partial charge in [-0.25, -0.2) is 0 Å². The molecule has 1 aliphatic carbocycles. The normalized spacial score (nSPS) is 20.1. The lowest BCUT2D eigenvalue weighted by Crippen LogP contribution is -2.50. The molecule has 0 spiro atoms. The van der Waals surface area contributed by atoms with Gasteiger partial charge in [0.15, 0.2) is 0 Å². The van der Waals surface area contributed by atoms with Crippen molar-refractivity contribution < 1.29 is 5.11 Å². The number of rotatable bonds is 5. The van der Waals surface area contributed by atoms with Crippen LogP contribution in [0.3, 0.4) is 0 Å². The van der Waals surface area contributed by atoms with Gasteiger partial charge in [-0.3, -0.25) is 0 Å². The zero-order chi connectivity index (χ0) is 21.1. The lowest BCUT2D eigenvalue weighted by molar-refractivity contribution is -0.0336. The van der Waals surface area contributed by atoms with Crippen molar-refractivity contribution in [3.63, 3.8) is 0 Å². The Kier molecular flexibility index (Phi) is 10.6. The second-order valence-corrected chi connectivity index (χ2v) is 9.89. The Labute approximate surface area is 214 Å². The van der Waals surface area contributed by atoms with Crippen molar-refractivity contribution in [1.82, 2.24) is 9.80 Å². The van der Waals surface area contributed by atoms with Gasteiger partial charge in [0.25, 0.3) is 0 Å². The molecule has 1 N–H and O–H groups in total. The van der Waals surface area contributed by atoms with Crippen LogP contribution >= 0.6 is 48.0 Å². The molecule has 2 aromatic carbocycles. The number of halogens is 4. The molecule has 178 valence electrons. The minimum absolute atomic E-state index is 0. The number of piperazine rings is 1. The van der Waals surface area contributed by atoms with E-state index in [1.807, 2.05) is 18.2 Å². The summed E-state index contributed by atoms with van der Waals surface area (Å²) in [6, 6.07) is 14.4. The highest BCUT2D eigenvalue weighted by atomic mass is 35.5. The predicted molar refractivity (Wildman–Crippen MR) is 141 cm³/mol. The van der Waals surface area contributed by atoms with Gasteiger partial charge in [0.2, 0.25) is 0 Å². The number of benzene rings is 2. The van der Waals surface area contributed by atoms with Crippen LogP contribution in [-0.4, -0.2) is 60.3 Å². The van der Waals surface area contributed by atoms with Crippen LogP contribution < -0.4 is 0 Å². The van der Waals surface area contributed by atoms with Crippen LogP contribution in [0.5, 0.6) is 0 Å². The summed E-state index contributed by atoms with van der Waals surface area (Å²) in [5, 5.41) is 12.9. The van der Waals surface area contributed by atoms with Gasteiger partial charge in [-0.1, -0.05) is 72.8 Å². The molecule has 2 fully saturated rings. The lowest BCUT2D eigenvalue weighted by atomic mass is 9.72. The van der Waals surface area contributed by atoms with Crippen molar-refractivity contribution in [2.24, 2.45) is 0 Å². The predicted octanol–water partition coefficient (Wildman–Crippen LogP) is 6.53. The molecule has 3 nitrogen and oxygen atoms in total. The van der Waals surface area contributed by atoms with Crippen LogP contribution in [0.2, 0.25) is 10.0 Å². The lowest BCUT2D eigenvalue weighted by Gasteiger charge is -2.43. The minimum Gasteiger partial charge on any atom is -0.389 e. The maximum absolute atomic E-state index is 11.7. The molecule has 0 bridgehead atoms. The Balaban J connectivity index is 0.00000181. The van der Waals surface area contributed by atoms with Crippen LogP contribution in [0.4, 0.5) is 0 Å². The van der Waals surface area contributed by atoms with E-state index >= 15 is 0 Å². The smallest absolute Gasteiger partial charge is 0.0728 e. The summed E-state index contributed by atoms with van der Waals surface area (Å²) in [6.07, 6.45) is 5.24. The molecule has 32 heavy (non-hydrogen) atoms. The van der Waals surface area contributed by atoms with Gasteiger partial charge in [-0.05, 0) is 48.7 Å². The van der Waals surface area contributed by atoms with E-state index in [1.54, 1.807) is 0 Å². The van der Waals surface area contributed by atoms with Gasteiger partial charge in [0.1, 0.15) is 0 Å². The first-order valence-electron chi connectivity index (χ1n) is 11.1. The van der Waals surface area contributed by atoms with E-state index in [0.29, 0.717) is 10.0 Å². The van der Waals surface area contributed by atoms with Gasteiger partial charge in [0, 0.05) is 38.6 Å². The van der Waals surface area contributed by atoms with E-state index in [2.05, 4.69) is 41.1 Å². The second-order valence-electron chi connectivity index (χ2n) is 9.08. The van der Waals surface area contributed by atoms with E-state index in [4.69, 9.17) is 23.2 Å². The number of hydrogen-bond acceptors (Lipinski definition) is 3. The highest BCUT2D eigenvalue weighted by Gasteiger charge is 2.39. The van der Waals surface area contributed by atoms with E-state index in [1.165, 1.54) is 12.0 Å². The SMILES string of the molecule is CN1CCN(CC(c2cccc(-c3ccc(Cl)c(Cl)c3)c2)C2(O)CCCCC2)CC1.Cl.Cl. The fraction of sp³-hybridized carbons (Fsp3) is 0.520. The van der Waals surface area contributed by atoms with E-state index in [0.717, 1.165) is 69.5 Å². The Morgan fingerprint density at radius 1 is 0.875 bits per heavy atom. The van der Waals surface area contributed by atoms with Crippen molar-refractivity contribution in [1.29, 1.82) is 0 Å². The molecule has 4 rings (SSSR count). The summed E-state index contributed by atoms with van der Waals surface area (Å²) in [7, 11) is 2.18. The van der Waals surface area contributed by atoms with Gasteiger partial charge < -0.3 is 14.9 Å². The first-order chi connectivity index (χ1) is 14.4. The van der Waals surface area contributed by atoms with Crippen molar-refractivity contribution in [2.75, 3.05) is 39.8 Å². The Hall–Kier alpha value is -0.520. The molecule has 1 aliphatic heterocycles. The van der Waals surface area contributed by atoms with Crippen LogP contribution in [0, 0.1) is 0 Å². The summed E-state index contributed by atoms with van der Waals surface area (Å²) in [5.41, 5.74) is 2.77. The summed E-state index contributed by atoms with van der Waals surface area (Å²) in [6.45, 7) is 5.23. The summed E-state index contributed by atoms with van der Waals surface area (Å²) < 4.78 is 0. The van der Waals surface area contributed by atoms with Gasteiger partial charge in [-0.2, -0.15) is 0 Å². The molecular weight excluding hydrogens is 486 g/mol. The molecule has 0 aromatic heterocycles. The summed E-state index contributed by atoms with van der Waals surface area (Å²) >= 11 is 12.4. The Morgan fingerprint density at radius 3 is 2.19 bits per heavy atom. The first-order valence-corrected chi connectivity index (χ1v) is 11.9. The number of likely N-dealkylation sites (N-methyl/N-ethyl adjacent to an activating group) is 1. The molecule has 1 atom stereocenters. The molecule has 1 heterocycles. The Morgan fingerprint density at radius 2 is 1.53 bits per heavy atom. The molecule has 2 aliphatic rings. The zero-order valence-electron chi connectivity index (χ0n) is 18.6. The molecule has 0 amide bonds. The minimum atomic E-state index is -0.627. The highest BCUT2D eigenvalue weighted by Crippen LogP contribution is 2.41. The number of nitrogens with zero attached hydrogens (tertiary/aromatic N) is 2. The number of aliphatic hydroxyl groups is 1. The van der Waals surface area contributed by atoms with Crippen molar-refractivity contribution >= 4 is 48.0 Å². The average Bonchev–Trinajstić information content (AvgIpc) is 2.76. The highest BCUT2D eigenvalue weighted by molar-refractivity contribution is 6.42. The largest absolute Gasteiger partial charge is 0.389 e. The second kappa shape index (κ2) is 12.3. The van der Waals surface area contributed by atoms with Gasteiger partial charge in [-0.15, -0.1) is 24.8 Å². The van der Waals surface area contributed by atoms with E-state index in [-0.39, 0.29) is 30.7 Å². The van der Waals surface area contributed by atoms with Crippen molar-refractivity contribution in [2.45, 2.75) is 43.6 Å². The third-order valence-electron chi connectivity index (χ3n) is 6.95. The molecule has 0 radical (unpaired) electrons. The zero-order valence-corrected chi connectivity index (χ0v) is 21.7. The topological polar surface area (TPSA) is 26.7 Å². The van der Waals surface area contributed by atoms with Crippen molar-refractivity contribution in [3.8, 4) is 11.1 Å². The van der Waals surface area contributed by atoms with Gasteiger partial charge >= 0.3 is 0 Å². The molecule has 7 heteroatoms. The number of hydrogen-bond donors (Lipinski definition) is 1. The monoisotopic (exact) mass is 518 g/mol. The molecule has 2 aromatic rings.